The summed E-state index contributed by atoms with van der Waals surface area (Å²) in [6.45, 7) is 2.32. The van der Waals surface area contributed by atoms with Crippen LogP contribution in [-0.4, -0.2) is 48.4 Å². The summed E-state index contributed by atoms with van der Waals surface area (Å²) >= 11 is 1.48. The molecule has 1 aliphatic rings. The largest absolute Gasteiger partial charge is 0.497 e. The first-order chi connectivity index (χ1) is 15.6. The maximum absolute atomic E-state index is 12.7. The summed E-state index contributed by atoms with van der Waals surface area (Å²) in [7, 11) is 1.62. The Hall–Kier alpha value is -2.93. The molecule has 0 unspecified atom stereocenters. The van der Waals surface area contributed by atoms with Crippen LogP contribution in [0.1, 0.15) is 52.1 Å². The van der Waals surface area contributed by atoms with E-state index in [0.717, 1.165) is 71.5 Å². The first kappa shape index (κ1) is 22.3. The van der Waals surface area contributed by atoms with Gasteiger partial charge in [0.05, 0.1) is 16.7 Å². The summed E-state index contributed by atoms with van der Waals surface area (Å²) in [6.07, 6.45) is 8.85. The van der Waals surface area contributed by atoms with E-state index in [1.54, 1.807) is 19.5 Å². The molecule has 7 heteroatoms. The fourth-order valence-electron chi connectivity index (χ4n) is 4.18. The van der Waals surface area contributed by atoms with Gasteiger partial charge in [-0.3, -0.25) is 14.6 Å². The number of unbranched alkanes of at least 4 members (excludes halogenated alkanes) is 1. The van der Waals surface area contributed by atoms with Crippen LogP contribution in [0.2, 0.25) is 0 Å². The lowest BCUT2D eigenvalue weighted by Crippen LogP contribution is -2.38. The molecule has 3 heterocycles. The van der Waals surface area contributed by atoms with Gasteiger partial charge in [-0.05, 0) is 67.0 Å². The number of methoxy groups -OCH3 is 1. The molecule has 6 nitrogen and oxygen atoms in total. The van der Waals surface area contributed by atoms with E-state index in [1.165, 1.54) is 11.3 Å². The van der Waals surface area contributed by atoms with Crippen LogP contribution in [0.15, 0.2) is 48.8 Å². The molecule has 1 aliphatic heterocycles. The van der Waals surface area contributed by atoms with Gasteiger partial charge >= 0.3 is 0 Å². The second-order valence-corrected chi connectivity index (χ2v) is 9.32. The molecule has 32 heavy (non-hydrogen) atoms. The minimum Gasteiger partial charge on any atom is -0.497 e. The molecule has 2 aromatic heterocycles. The Bertz CT molecular complexity index is 1020. The van der Waals surface area contributed by atoms with Gasteiger partial charge < -0.3 is 15.0 Å². The van der Waals surface area contributed by atoms with Gasteiger partial charge in [0.2, 0.25) is 0 Å². The third-order valence-corrected chi connectivity index (χ3v) is 7.19. The van der Waals surface area contributed by atoms with Crippen LogP contribution in [-0.2, 0) is 0 Å². The van der Waals surface area contributed by atoms with E-state index >= 15 is 0 Å². The summed E-state index contributed by atoms with van der Waals surface area (Å²) in [4.78, 5) is 31.9. The number of amides is 2. The minimum absolute atomic E-state index is 0.00319. The molecule has 0 bridgehead atoms. The Morgan fingerprint density at radius 2 is 1.94 bits per heavy atom. The van der Waals surface area contributed by atoms with Crippen LogP contribution < -0.4 is 10.1 Å². The number of pyridine rings is 1. The Morgan fingerprint density at radius 3 is 2.66 bits per heavy atom. The van der Waals surface area contributed by atoms with Crippen LogP contribution in [0.3, 0.4) is 0 Å². The molecular weight excluding hydrogens is 422 g/mol. The Kier molecular flexibility index (Phi) is 7.37. The number of fused-ring (bicyclic) bond motifs is 1. The molecule has 0 spiro atoms. The van der Waals surface area contributed by atoms with Crippen LogP contribution in [0.5, 0.6) is 5.75 Å². The summed E-state index contributed by atoms with van der Waals surface area (Å²) in [6, 6.07) is 11.2. The molecule has 0 aliphatic carbocycles. The molecule has 0 saturated carbocycles. The van der Waals surface area contributed by atoms with Crippen LogP contribution >= 0.6 is 11.3 Å². The molecule has 0 atom stereocenters. The maximum Gasteiger partial charge on any atom is 0.261 e. The number of carbonyl (C=O) groups excluding carboxylic acids is 2. The number of hydrogen-bond donors (Lipinski definition) is 1. The minimum atomic E-state index is -0.00319. The Labute approximate surface area is 192 Å². The van der Waals surface area contributed by atoms with Gasteiger partial charge in [0.15, 0.2) is 0 Å². The number of ether oxygens (including phenoxy) is 1. The van der Waals surface area contributed by atoms with Gasteiger partial charge in [0.1, 0.15) is 5.75 Å². The van der Waals surface area contributed by atoms with E-state index in [9.17, 15) is 9.59 Å². The monoisotopic (exact) mass is 451 g/mol. The van der Waals surface area contributed by atoms with Crippen molar-refractivity contribution in [2.45, 2.75) is 32.1 Å². The van der Waals surface area contributed by atoms with Gasteiger partial charge in [-0.25, -0.2) is 0 Å². The molecule has 1 N–H and O–H groups in total. The van der Waals surface area contributed by atoms with Crippen molar-refractivity contribution < 1.29 is 14.3 Å². The second-order valence-electron chi connectivity index (χ2n) is 8.24. The number of benzene rings is 1. The lowest BCUT2D eigenvalue weighted by Gasteiger charge is -2.32. The van der Waals surface area contributed by atoms with Crippen molar-refractivity contribution in [3.05, 3.63) is 59.2 Å². The number of rotatable bonds is 8. The topological polar surface area (TPSA) is 71.5 Å². The zero-order valence-corrected chi connectivity index (χ0v) is 19.2. The normalized spacial score (nSPS) is 14.5. The maximum atomic E-state index is 12.7. The molecule has 2 amide bonds. The molecule has 1 aromatic carbocycles. The predicted molar refractivity (Wildman–Crippen MR) is 127 cm³/mol. The molecule has 168 valence electrons. The van der Waals surface area contributed by atoms with Gasteiger partial charge in [0.25, 0.3) is 11.8 Å². The number of aromatic nitrogens is 1. The summed E-state index contributed by atoms with van der Waals surface area (Å²) in [5, 5.41) is 4.10. The third kappa shape index (κ3) is 5.46. The molecule has 0 radical (unpaired) electrons. The highest BCUT2D eigenvalue weighted by Crippen LogP contribution is 2.25. The van der Waals surface area contributed by atoms with Crippen molar-refractivity contribution >= 4 is 33.2 Å². The lowest BCUT2D eigenvalue weighted by molar-refractivity contribution is 0.0685. The smallest absolute Gasteiger partial charge is 0.261 e. The van der Waals surface area contributed by atoms with Gasteiger partial charge in [-0.2, -0.15) is 0 Å². The van der Waals surface area contributed by atoms with Crippen LogP contribution in [0.4, 0.5) is 0 Å². The molecule has 3 aromatic rings. The van der Waals surface area contributed by atoms with E-state index in [2.05, 4.69) is 10.3 Å². The quantitative estimate of drug-likeness (QED) is 0.502. The van der Waals surface area contributed by atoms with Crippen molar-refractivity contribution in [2.75, 3.05) is 26.7 Å². The van der Waals surface area contributed by atoms with Gasteiger partial charge in [0, 0.05) is 37.6 Å². The molecular formula is C25H29N3O3S. The molecule has 1 fully saturated rings. The fraction of sp³-hybridized carbons (Fsp3) is 0.400. The van der Waals surface area contributed by atoms with Gasteiger partial charge in [-0.1, -0.05) is 12.8 Å². The average molecular weight is 452 g/mol. The SMILES string of the molecule is COc1ccc(C(=O)N2CCC(CCCCNC(=O)c3cc4ccncc4s3)CC2)cc1. The lowest BCUT2D eigenvalue weighted by atomic mass is 9.91. The van der Waals surface area contributed by atoms with E-state index in [-0.39, 0.29) is 11.8 Å². The standard InChI is InChI=1S/C25H29N3O3S/c1-31-21-7-5-19(6-8-21)25(30)28-14-10-18(11-15-28)4-2-3-12-27-24(29)22-16-20-9-13-26-17-23(20)32-22/h5-9,13,16-18H,2-4,10-12,14-15H2,1H3,(H,27,29). The average Bonchev–Trinajstić information content (AvgIpc) is 3.28. The number of nitrogens with zero attached hydrogens (tertiary/aromatic N) is 2. The summed E-state index contributed by atoms with van der Waals surface area (Å²) in [5.74, 6) is 1.51. The van der Waals surface area contributed by atoms with E-state index in [0.29, 0.717) is 12.5 Å². The highest BCUT2D eigenvalue weighted by Gasteiger charge is 2.23. The van der Waals surface area contributed by atoms with Crippen molar-refractivity contribution in [3.8, 4) is 5.75 Å². The first-order valence-electron chi connectivity index (χ1n) is 11.2. The van der Waals surface area contributed by atoms with E-state index in [4.69, 9.17) is 4.74 Å². The number of piperidine rings is 1. The Morgan fingerprint density at radius 1 is 1.16 bits per heavy atom. The summed E-state index contributed by atoms with van der Waals surface area (Å²) in [5.41, 5.74) is 0.717. The third-order valence-electron chi connectivity index (χ3n) is 6.11. The summed E-state index contributed by atoms with van der Waals surface area (Å²) < 4.78 is 6.20. The van der Waals surface area contributed by atoms with Crippen LogP contribution in [0.25, 0.3) is 10.1 Å². The van der Waals surface area contributed by atoms with Crippen molar-refractivity contribution in [2.24, 2.45) is 5.92 Å². The van der Waals surface area contributed by atoms with E-state index < -0.39 is 0 Å². The van der Waals surface area contributed by atoms with Crippen molar-refractivity contribution in [3.63, 3.8) is 0 Å². The van der Waals surface area contributed by atoms with Crippen LogP contribution in [0, 0.1) is 5.92 Å². The fourth-order valence-corrected chi connectivity index (χ4v) is 5.13. The molecule has 1 saturated heterocycles. The Balaban J connectivity index is 1.13. The number of likely N-dealkylation sites (tertiary alicyclic amines) is 1. The van der Waals surface area contributed by atoms with E-state index in [1.807, 2.05) is 41.3 Å². The van der Waals surface area contributed by atoms with Gasteiger partial charge in [-0.15, -0.1) is 11.3 Å². The number of hydrogen-bond acceptors (Lipinski definition) is 5. The second kappa shape index (κ2) is 10.6. The highest BCUT2D eigenvalue weighted by atomic mass is 32.1. The molecule has 4 rings (SSSR count). The van der Waals surface area contributed by atoms with Crippen molar-refractivity contribution in [1.29, 1.82) is 0 Å². The predicted octanol–water partition coefficient (Wildman–Crippen LogP) is 4.76. The van der Waals surface area contributed by atoms with Crippen molar-refractivity contribution in [1.82, 2.24) is 15.2 Å². The zero-order valence-electron chi connectivity index (χ0n) is 18.4. The number of carbonyl (C=O) groups is 2. The first-order valence-corrected chi connectivity index (χ1v) is 12.0. The number of thiophene rings is 1. The number of nitrogens with one attached hydrogen (secondary N) is 1. The zero-order chi connectivity index (χ0) is 22.3. The highest BCUT2D eigenvalue weighted by molar-refractivity contribution is 7.20.